The molecule has 0 unspecified atom stereocenters. The zero-order chi connectivity index (χ0) is 17.8. The molecule has 3 amide bonds. The summed E-state index contributed by atoms with van der Waals surface area (Å²) < 4.78 is 0. The van der Waals surface area contributed by atoms with E-state index in [1.807, 2.05) is 42.6 Å². The lowest BCUT2D eigenvalue weighted by Crippen LogP contribution is -2.43. The topological polar surface area (TPSA) is 61.4 Å². The number of rotatable bonds is 3. The number of aryl methyl sites for hydroxylation is 2. The van der Waals surface area contributed by atoms with Crippen LogP contribution in [-0.2, 0) is 4.79 Å². The summed E-state index contributed by atoms with van der Waals surface area (Å²) in [4.78, 5) is 26.5. The van der Waals surface area contributed by atoms with Crippen LogP contribution in [0.2, 0.25) is 0 Å². The minimum Gasteiger partial charge on any atom is -0.326 e. The van der Waals surface area contributed by atoms with E-state index in [1.165, 1.54) is 16.9 Å². The average molecular weight is 357 g/mol. The standard InChI is InChI=1S/C19H23N3O2S/c1-13-5-6-16(12-14(13)2)20-18(23)15-7-9-22(10-8-15)19(24)21-17-4-3-11-25-17/h3-6,11-12,15H,7-10H2,1-2H3,(H,20,23)(H,21,24). The molecule has 1 aromatic carbocycles. The van der Waals surface area contributed by atoms with Crippen LogP contribution in [0.5, 0.6) is 0 Å². The molecule has 0 spiro atoms. The zero-order valence-corrected chi connectivity index (χ0v) is 15.4. The van der Waals surface area contributed by atoms with E-state index >= 15 is 0 Å². The number of benzene rings is 1. The molecule has 3 rings (SSSR count). The third-order valence-electron chi connectivity index (χ3n) is 4.68. The van der Waals surface area contributed by atoms with E-state index in [0.717, 1.165) is 16.3 Å². The van der Waals surface area contributed by atoms with Crippen LogP contribution in [0.25, 0.3) is 0 Å². The number of nitrogens with zero attached hydrogens (tertiary/aromatic N) is 1. The number of nitrogens with one attached hydrogen (secondary N) is 2. The highest BCUT2D eigenvalue weighted by atomic mass is 32.1. The van der Waals surface area contributed by atoms with Gasteiger partial charge in [0.05, 0.1) is 5.00 Å². The number of carbonyl (C=O) groups is 2. The first-order valence-corrected chi connectivity index (χ1v) is 9.38. The van der Waals surface area contributed by atoms with Gasteiger partial charge in [0.1, 0.15) is 0 Å². The SMILES string of the molecule is Cc1ccc(NC(=O)C2CCN(C(=O)Nc3cccs3)CC2)cc1C. The highest BCUT2D eigenvalue weighted by Gasteiger charge is 2.27. The number of piperidine rings is 1. The van der Waals surface area contributed by atoms with E-state index in [9.17, 15) is 9.59 Å². The number of amides is 3. The number of urea groups is 1. The van der Waals surface area contributed by atoms with Crippen molar-refractivity contribution in [3.05, 3.63) is 46.8 Å². The van der Waals surface area contributed by atoms with Crippen molar-refractivity contribution in [3.8, 4) is 0 Å². The fourth-order valence-corrected chi connectivity index (χ4v) is 3.55. The molecule has 132 valence electrons. The van der Waals surface area contributed by atoms with Crippen LogP contribution in [0.3, 0.4) is 0 Å². The van der Waals surface area contributed by atoms with Gasteiger partial charge in [-0.15, -0.1) is 11.3 Å². The molecule has 0 atom stereocenters. The van der Waals surface area contributed by atoms with Gasteiger partial charge in [-0.05, 0) is 67.5 Å². The summed E-state index contributed by atoms with van der Waals surface area (Å²) in [5.74, 6) is -0.00559. The Bertz CT molecular complexity index is 750. The summed E-state index contributed by atoms with van der Waals surface area (Å²) >= 11 is 1.50. The summed E-state index contributed by atoms with van der Waals surface area (Å²) in [7, 11) is 0. The lowest BCUT2D eigenvalue weighted by Gasteiger charge is -2.31. The van der Waals surface area contributed by atoms with E-state index < -0.39 is 0 Å². The molecule has 1 fully saturated rings. The second-order valence-corrected chi connectivity index (χ2v) is 7.40. The van der Waals surface area contributed by atoms with Crippen LogP contribution in [0.15, 0.2) is 35.7 Å². The van der Waals surface area contributed by atoms with Gasteiger partial charge in [-0.25, -0.2) is 4.79 Å². The lowest BCUT2D eigenvalue weighted by atomic mass is 9.96. The molecule has 0 saturated carbocycles. The molecule has 1 aromatic heterocycles. The van der Waals surface area contributed by atoms with Crippen molar-refractivity contribution in [2.45, 2.75) is 26.7 Å². The Kier molecular flexibility index (Phi) is 5.38. The van der Waals surface area contributed by atoms with E-state index in [4.69, 9.17) is 0 Å². The van der Waals surface area contributed by atoms with Gasteiger partial charge in [0.2, 0.25) is 5.91 Å². The summed E-state index contributed by atoms with van der Waals surface area (Å²) in [6.07, 6.45) is 1.38. The van der Waals surface area contributed by atoms with Crippen molar-refractivity contribution in [1.29, 1.82) is 0 Å². The first-order valence-electron chi connectivity index (χ1n) is 8.50. The van der Waals surface area contributed by atoms with Gasteiger partial charge in [-0.1, -0.05) is 6.07 Å². The van der Waals surface area contributed by atoms with Gasteiger partial charge >= 0.3 is 6.03 Å². The van der Waals surface area contributed by atoms with Crippen LogP contribution in [0, 0.1) is 19.8 Å². The largest absolute Gasteiger partial charge is 0.326 e. The van der Waals surface area contributed by atoms with Crippen LogP contribution in [0.1, 0.15) is 24.0 Å². The first kappa shape index (κ1) is 17.5. The molecular weight excluding hydrogens is 334 g/mol. The van der Waals surface area contributed by atoms with E-state index in [2.05, 4.69) is 17.6 Å². The summed E-state index contributed by atoms with van der Waals surface area (Å²) in [6, 6.07) is 9.65. The molecular formula is C19H23N3O2S. The average Bonchev–Trinajstić information content (AvgIpc) is 3.11. The van der Waals surface area contributed by atoms with Gasteiger partial charge in [0, 0.05) is 24.7 Å². The van der Waals surface area contributed by atoms with E-state index in [1.54, 1.807) is 4.90 Å². The quantitative estimate of drug-likeness (QED) is 0.863. The molecule has 2 aromatic rings. The molecule has 2 N–H and O–H groups in total. The second-order valence-electron chi connectivity index (χ2n) is 6.46. The molecule has 5 nitrogen and oxygen atoms in total. The zero-order valence-electron chi connectivity index (χ0n) is 14.5. The molecule has 2 heterocycles. The van der Waals surface area contributed by atoms with E-state index in [-0.39, 0.29) is 17.9 Å². The first-order chi connectivity index (χ1) is 12.0. The van der Waals surface area contributed by atoms with Crippen molar-refractivity contribution >= 4 is 34.0 Å². The lowest BCUT2D eigenvalue weighted by molar-refractivity contribution is -0.121. The van der Waals surface area contributed by atoms with Gasteiger partial charge in [0.15, 0.2) is 0 Å². The molecule has 0 bridgehead atoms. The van der Waals surface area contributed by atoms with Crippen LogP contribution < -0.4 is 10.6 Å². The van der Waals surface area contributed by atoms with Gasteiger partial charge in [-0.3, -0.25) is 10.1 Å². The maximum Gasteiger partial charge on any atom is 0.322 e. The number of carbonyl (C=O) groups excluding carboxylic acids is 2. The predicted molar refractivity (Wildman–Crippen MR) is 102 cm³/mol. The molecule has 0 radical (unpaired) electrons. The highest BCUT2D eigenvalue weighted by molar-refractivity contribution is 7.14. The molecule has 25 heavy (non-hydrogen) atoms. The molecule has 0 aliphatic carbocycles. The summed E-state index contributed by atoms with van der Waals surface area (Å²) in [6.45, 7) is 5.29. The van der Waals surface area contributed by atoms with Gasteiger partial charge in [-0.2, -0.15) is 0 Å². The fourth-order valence-electron chi connectivity index (χ4n) is 2.94. The Morgan fingerprint density at radius 2 is 1.84 bits per heavy atom. The maximum absolute atomic E-state index is 12.5. The number of anilines is 2. The Morgan fingerprint density at radius 1 is 1.08 bits per heavy atom. The van der Waals surface area contributed by atoms with Crippen LogP contribution in [0.4, 0.5) is 15.5 Å². The van der Waals surface area contributed by atoms with Crippen molar-refractivity contribution in [1.82, 2.24) is 4.90 Å². The Morgan fingerprint density at radius 3 is 2.48 bits per heavy atom. The number of thiophene rings is 1. The van der Waals surface area contributed by atoms with Gasteiger partial charge in [0.25, 0.3) is 0 Å². The predicted octanol–water partition coefficient (Wildman–Crippen LogP) is 4.25. The molecule has 6 heteroatoms. The maximum atomic E-state index is 12.5. The van der Waals surface area contributed by atoms with Crippen molar-refractivity contribution < 1.29 is 9.59 Å². The van der Waals surface area contributed by atoms with Crippen LogP contribution in [-0.4, -0.2) is 29.9 Å². The summed E-state index contributed by atoms with van der Waals surface area (Å²) in [5, 5.41) is 8.67. The third-order valence-corrected chi connectivity index (χ3v) is 5.46. The normalized spacial score (nSPS) is 15.0. The molecule has 1 saturated heterocycles. The number of hydrogen-bond donors (Lipinski definition) is 2. The Hall–Kier alpha value is -2.34. The fraction of sp³-hybridized carbons (Fsp3) is 0.368. The number of likely N-dealkylation sites (tertiary alicyclic amines) is 1. The smallest absolute Gasteiger partial charge is 0.322 e. The number of hydrogen-bond acceptors (Lipinski definition) is 3. The Labute approximate surface area is 152 Å². The Balaban J connectivity index is 1.50. The molecule has 1 aliphatic heterocycles. The van der Waals surface area contributed by atoms with Crippen molar-refractivity contribution in [2.24, 2.45) is 5.92 Å². The monoisotopic (exact) mass is 357 g/mol. The van der Waals surface area contributed by atoms with E-state index in [0.29, 0.717) is 25.9 Å². The highest BCUT2D eigenvalue weighted by Crippen LogP contribution is 2.22. The van der Waals surface area contributed by atoms with Gasteiger partial charge < -0.3 is 10.2 Å². The van der Waals surface area contributed by atoms with Crippen molar-refractivity contribution in [2.75, 3.05) is 23.7 Å². The molecule has 1 aliphatic rings. The summed E-state index contributed by atoms with van der Waals surface area (Å²) in [5.41, 5.74) is 3.21. The minimum atomic E-state index is -0.0875. The van der Waals surface area contributed by atoms with Crippen molar-refractivity contribution in [3.63, 3.8) is 0 Å². The van der Waals surface area contributed by atoms with Crippen LogP contribution >= 0.6 is 11.3 Å². The minimum absolute atomic E-state index is 0.0431. The third kappa shape index (κ3) is 4.39. The second kappa shape index (κ2) is 7.70.